The van der Waals surface area contributed by atoms with Crippen molar-refractivity contribution in [2.24, 2.45) is 0 Å². The van der Waals surface area contributed by atoms with Gasteiger partial charge in [0.2, 0.25) is 0 Å². The predicted molar refractivity (Wildman–Crippen MR) is 274 cm³/mol. The molecule has 2 bridgehead atoms. The molecule has 13 nitrogen and oxygen atoms in total. The van der Waals surface area contributed by atoms with Gasteiger partial charge in [-0.25, -0.2) is 37.5 Å². The average molecular weight is 1000 g/mol. The Morgan fingerprint density at radius 3 is 1.79 bits per heavy atom. The fraction of sp³-hybridized carbons (Fsp3) is 0.296. The van der Waals surface area contributed by atoms with Gasteiger partial charge in [-0.2, -0.15) is 9.97 Å². The number of benzene rings is 4. The molecule has 0 amide bonds. The lowest BCUT2D eigenvalue weighted by Gasteiger charge is -2.35. The summed E-state index contributed by atoms with van der Waals surface area (Å²) in [7, 11) is 0. The first-order valence-electron chi connectivity index (χ1n) is 23.9. The van der Waals surface area contributed by atoms with Gasteiger partial charge in [-0.3, -0.25) is 0 Å². The fourth-order valence-electron chi connectivity index (χ4n) is 10.1. The Morgan fingerprint density at radius 2 is 1.20 bits per heavy atom. The van der Waals surface area contributed by atoms with E-state index in [-0.39, 0.29) is 62.6 Å². The van der Waals surface area contributed by atoms with Gasteiger partial charge in [-0.1, -0.05) is 71.7 Å². The predicted octanol–water partition coefficient (Wildman–Crippen LogP) is 10.4. The number of aromatic nitrogens is 6. The minimum atomic E-state index is -0.683. The van der Waals surface area contributed by atoms with Gasteiger partial charge in [0.05, 0.1) is 61.3 Å². The monoisotopic (exact) mass is 998 g/mol. The second-order valence-electron chi connectivity index (χ2n) is 18.1. The summed E-state index contributed by atoms with van der Waals surface area (Å²) in [4.78, 5) is 50.0. The first-order valence-corrected chi connectivity index (χ1v) is 24.7. The van der Waals surface area contributed by atoms with Gasteiger partial charge in [0, 0.05) is 38.2 Å². The molecule has 17 heteroatoms. The van der Waals surface area contributed by atoms with Crippen molar-refractivity contribution in [1.82, 2.24) is 29.1 Å². The van der Waals surface area contributed by atoms with E-state index < -0.39 is 23.0 Å². The number of aliphatic hydroxyl groups is 1. The zero-order valence-electron chi connectivity index (χ0n) is 39.1. The van der Waals surface area contributed by atoms with Crippen LogP contribution in [0.1, 0.15) is 63.5 Å². The summed E-state index contributed by atoms with van der Waals surface area (Å²) in [5.41, 5.74) is 2.84. The molecule has 71 heavy (non-hydrogen) atoms. The molecule has 4 aromatic heterocycles. The molecule has 2 saturated heterocycles. The Morgan fingerprint density at radius 1 is 0.662 bits per heavy atom. The lowest BCUT2D eigenvalue weighted by Crippen LogP contribution is -2.40. The molecule has 0 saturated carbocycles. The SMILES string of the molecule is C[C@H]1CCCCN1c1nc(=O)n(-c2ccccc2CCO)c2nc(-c3c(O)cccc3F)c(Cl)cc12.C[C@H]1CCCCN1c1nc(=O)n2c3nc(c(Cl)cc13)-c1c(F)cccc1OCCc1ccccc1-2. The van der Waals surface area contributed by atoms with E-state index in [1.54, 1.807) is 36.4 Å². The van der Waals surface area contributed by atoms with Crippen LogP contribution in [0.15, 0.2) is 107 Å². The highest BCUT2D eigenvalue weighted by Crippen LogP contribution is 2.42. The molecule has 8 aromatic rings. The zero-order chi connectivity index (χ0) is 49.5. The lowest BCUT2D eigenvalue weighted by molar-refractivity contribution is 0.299. The van der Waals surface area contributed by atoms with Crippen LogP contribution in [0.2, 0.25) is 10.0 Å². The van der Waals surface area contributed by atoms with Crippen molar-refractivity contribution in [3.8, 4) is 45.4 Å². The van der Waals surface area contributed by atoms with Crippen molar-refractivity contribution < 1.29 is 23.7 Å². The molecule has 364 valence electrons. The number of ether oxygens (including phenoxy) is 1. The van der Waals surface area contributed by atoms with Gasteiger partial charge in [-0.15, -0.1) is 0 Å². The van der Waals surface area contributed by atoms with Crippen molar-refractivity contribution in [3.63, 3.8) is 0 Å². The van der Waals surface area contributed by atoms with Crippen molar-refractivity contribution in [2.75, 3.05) is 36.1 Å². The van der Waals surface area contributed by atoms with E-state index in [0.717, 1.165) is 62.7 Å². The van der Waals surface area contributed by atoms with E-state index >= 15 is 4.39 Å². The van der Waals surface area contributed by atoms with Crippen LogP contribution in [0.5, 0.6) is 11.5 Å². The van der Waals surface area contributed by atoms with Crippen molar-refractivity contribution >= 4 is 56.9 Å². The number of hydrogen-bond donors (Lipinski definition) is 2. The van der Waals surface area contributed by atoms with Gasteiger partial charge >= 0.3 is 11.4 Å². The summed E-state index contributed by atoms with van der Waals surface area (Å²) >= 11 is 13.4. The number of aromatic hydroxyl groups is 1. The third-order valence-electron chi connectivity index (χ3n) is 13.7. The molecular weight excluding hydrogens is 950 g/mol. The number of anilines is 2. The van der Waals surface area contributed by atoms with Gasteiger partial charge in [0.15, 0.2) is 11.3 Å². The topological polar surface area (TPSA) is 152 Å². The minimum absolute atomic E-state index is 0.0244. The normalized spacial score (nSPS) is 16.7. The molecule has 0 unspecified atom stereocenters. The summed E-state index contributed by atoms with van der Waals surface area (Å²) in [5.74, 6) is -0.0510. The number of fused-ring (bicyclic) bond motifs is 6. The van der Waals surface area contributed by atoms with Crippen LogP contribution in [0.3, 0.4) is 0 Å². The highest BCUT2D eigenvalue weighted by Gasteiger charge is 2.30. The number of halogens is 4. The van der Waals surface area contributed by atoms with E-state index in [4.69, 9.17) is 32.9 Å². The molecule has 2 fully saturated rings. The third kappa shape index (κ3) is 8.95. The molecule has 0 spiro atoms. The third-order valence-corrected chi connectivity index (χ3v) is 14.2. The molecule has 3 aliphatic rings. The number of para-hydroxylation sites is 2. The van der Waals surface area contributed by atoms with E-state index in [1.165, 1.54) is 33.4 Å². The lowest BCUT2D eigenvalue weighted by atomic mass is 10.0. The van der Waals surface area contributed by atoms with E-state index in [9.17, 15) is 24.2 Å². The molecule has 2 N–H and O–H groups in total. The molecule has 0 radical (unpaired) electrons. The van der Waals surface area contributed by atoms with Crippen LogP contribution in [0.4, 0.5) is 20.4 Å². The standard InChI is InChI=1S/C27H26ClFN4O3.C27H24ClFN4O2/c1-16-7-4-5-13-32(16)25-18-15-19(28)24(23-20(29)9-6-11-22(23)35)30-26(18)33(27(36)31-25)21-10-3-2-8-17(21)12-14-34;1-16-7-4-5-13-32(16)25-18-15-19(28)24-23-20(29)9-6-11-22(23)35-14-12-17-8-2-3-10-21(17)33(26(18)30-24)27(34)31-25/h2-3,6,8-11,15-16,34-35H,4-5,7,12-14H2,1H3;2-3,6,8-11,15-16H,4-5,7,12-14H2,1H3/t2*16-/m00/s1. The largest absolute Gasteiger partial charge is 0.507 e. The molecule has 11 rings (SSSR count). The number of nitrogens with zero attached hydrogens (tertiary/aromatic N) is 8. The molecule has 7 heterocycles. The highest BCUT2D eigenvalue weighted by molar-refractivity contribution is 6.34. The number of phenols is 1. The Balaban J connectivity index is 0.000000164. The number of aliphatic hydroxyl groups excluding tert-OH is 1. The maximum absolute atomic E-state index is 15.2. The Hall–Kier alpha value is -6.94. The molecule has 4 aromatic carbocycles. The van der Waals surface area contributed by atoms with E-state index in [2.05, 4.69) is 38.6 Å². The summed E-state index contributed by atoms with van der Waals surface area (Å²) in [6.07, 6.45) is 7.06. The van der Waals surface area contributed by atoms with Gasteiger partial charge in [-0.05, 0) is 118 Å². The maximum Gasteiger partial charge on any atom is 0.355 e. The summed E-state index contributed by atoms with van der Waals surface area (Å²) in [6, 6.07) is 27.3. The van der Waals surface area contributed by atoms with E-state index in [1.807, 2.05) is 36.4 Å². The number of piperidine rings is 2. The van der Waals surface area contributed by atoms with Crippen LogP contribution < -0.4 is 25.9 Å². The average Bonchev–Trinajstić information content (AvgIpc) is 3.38. The fourth-order valence-corrected chi connectivity index (χ4v) is 10.6. The van der Waals surface area contributed by atoms with Gasteiger partial charge in [0.1, 0.15) is 34.8 Å². The van der Waals surface area contributed by atoms with Crippen LogP contribution >= 0.6 is 23.2 Å². The van der Waals surface area contributed by atoms with Crippen molar-refractivity contribution in [1.29, 1.82) is 0 Å². The summed E-state index contributed by atoms with van der Waals surface area (Å²) in [6.45, 7) is 5.97. The Kier molecular flexibility index (Phi) is 13.5. The number of hydrogen-bond acceptors (Lipinski definition) is 11. The summed E-state index contributed by atoms with van der Waals surface area (Å²) in [5, 5.41) is 21.6. The van der Waals surface area contributed by atoms with Crippen LogP contribution in [-0.4, -0.2) is 77.7 Å². The number of rotatable bonds is 6. The Labute approximate surface area is 417 Å². The minimum Gasteiger partial charge on any atom is -0.507 e. The smallest absolute Gasteiger partial charge is 0.355 e. The summed E-state index contributed by atoms with van der Waals surface area (Å²) < 4.78 is 38.9. The number of phenolic OH excluding ortho intramolecular Hbond substituents is 1. The molecule has 2 atom stereocenters. The molecule has 0 aliphatic carbocycles. The zero-order valence-corrected chi connectivity index (χ0v) is 40.6. The van der Waals surface area contributed by atoms with Crippen LogP contribution in [0, 0.1) is 11.6 Å². The quantitative estimate of drug-likeness (QED) is 0.164. The molecule has 3 aliphatic heterocycles. The second kappa shape index (κ2) is 20.1. The number of pyridine rings is 2. The Bertz CT molecular complexity index is 3460. The molecular formula is C54H50Cl2F2N8O5. The van der Waals surface area contributed by atoms with Crippen molar-refractivity contribution in [3.05, 3.63) is 151 Å². The van der Waals surface area contributed by atoms with Crippen LogP contribution in [0.25, 0.3) is 56.0 Å². The maximum atomic E-state index is 15.2. The highest BCUT2D eigenvalue weighted by atomic mass is 35.5. The van der Waals surface area contributed by atoms with Gasteiger partial charge in [0.25, 0.3) is 0 Å². The van der Waals surface area contributed by atoms with Gasteiger partial charge < -0.3 is 24.7 Å². The first-order chi connectivity index (χ1) is 34.4. The van der Waals surface area contributed by atoms with E-state index in [0.29, 0.717) is 64.6 Å². The second-order valence-corrected chi connectivity index (χ2v) is 19.0. The first kappa shape index (κ1) is 47.7. The van der Waals surface area contributed by atoms with Crippen LogP contribution in [-0.2, 0) is 12.8 Å². The van der Waals surface area contributed by atoms with Crippen molar-refractivity contribution in [2.45, 2.75) is 77.3 Å².